The SMILES string of the molecule is CC/C=C\C/C=C\C/C=C\C/C=C\C/C=C\CCCCCCCCCCCC(=O)OC(COCCCCCCCCC/C=C\C/C=C\C/C=C\CCCCCCC)COP(=O)(O)OCC[N+](C)(C)C. The molecule has 0 aliphatic carbocycles. The van der Waals surface area contributed by atoms with Gasteiger partial charge in [-0.15, -0.1) is 0 Å². The monoisotopic (exact) mass is 985 g/mol. The van der Waals surface area contributed by atoms with E-state index < -0.39 is 13.9 Å². The summed E-state index contributed by atoms with van der Waals surface area (Å²) in [7, 11) is 1.64. The fraction of sp³-hybridized carbons (Fsp3) is 0.717. The van der Waals surface area contributed by atoms with E-state index in [1.807, 2.05) is 21.1 Å². The van der Waals surface area contributed by atoms with Gasteiger partial charge in [0.15, 0.2) is 0 Å². The van der Waals surface area contributed by atoms with Crippen LogP contribution in [0.15, 0.2) is 97.2 Å². The number of ether oxygens (including phenoxy) is 2. The third-order valence-electron chi connectivity index (χ3n) is 11.6. The number of quaternary nitrogens is 1. The van der Waals surface area contributed by atoms with Crippen LogP contribution in [-0.2, 0) is 27.9 Å². The van der Waals surface area contributed by atoms with Gasteiger partial charge in [0.25, 0.3) is 0 Å². The molecule has 0 saturated carbocycles. The van der Waals surface area contributed by atoms with Crippen molar-refractivity contribution in [2.75, 3.05) is 54.1 Å². The lowest BCUT2D eigenvalue weighted by Crippen LogP contribution is -2.37. The lowest BCUT2D eigenvalue weighted by atomic mass is 10.1. The Hall–Kier alpha value is -2.58. The average molecular weight is 985 g/mol. The number of likely N-dealkylation sites (N-methyl/N-ethyl adjacent to an activating group) is 1. The highest BCUT2D eigenvalue weighted by molar-refractivity contribution is 7.47. The highest BCUT2D eigenvalue weighted by Gasteiger charge is 2.26. The summed E-state index contributed by atoms with van der Waals surface area (Å²) in [6.07, 6.45) is 71.7. The quantitative estimate of drug-likeness (QED) is 0.0213. The Morgan fingerprint density at radius 2 is 0.841 bits per heavy atom. The molecule has 8 nitrogen and oxygen atoms in total. The molecular weight excluding hydrogens is 878 g/mol. The molecule has 2 atom stereocenters. The van der Waals surface area contributed by atoms with E-state index in [0.29, 0.717) is 24.1 Å². The maximum Gasteiger partial charge on any atom is 0.472 e. The summed E-state index contributed by atoms with van der Waals surface area (Å²) in [5.74, 6) is -0.326. The van der Waals surface area contributed by atoms with Crippen molar-refractivity contribution in [1.82, 2.24) is 0 Å². The van der Waals surface area contributed by atoms with Crippen molar-refractivity contribution < 1.29 is 37.3 Å². The minimum Gasteiger partial charge on any atom is -0.457 e. The van der Waals surface area contributed by atoms with Crippen LogP contribution in [0.4, 0.5) is 0 Å². The average Bonchev–Trinajstić information content (AvgIpc) is 3.31. The van der Waals surface area contributed by atoms with Gasteiger partial charge in [-0.3, -0.25) is 13.8 Å². The minimum absolute atomic E-state index is 0.0801. The molecule has 0 saturated heterocycles. The summed E-state index contributed by atoms with van der Waals surface area (Å²) < 4.78 is 35.2. The summed E-state index contributed by atoms with van der Waals surface area (Å²) in [6, 6.07) is 0. The van der Waals surface area contributed by atoms with E-state index >= 15 is 0 Å². The van der Waals surface area contributed by atoms with Gasteiger partial charge in [0.05, 0.1) is 34.4 Å². The van der Waals surface area contributed by atoms with Gasteiger partial charge in [-0.1, -0.05) is 214 Å². The van der Waals surface area contributed by atoms with E-state index in [9.17, 15) is 14.3 Å². The third kappa shape index (κ3) is 56.2. The summed E-state index contributed by atoms with van der Waals surface area (Å²) in [6.45, 7) is 5.46. The Labute approximate surface area is 426 Å². The number of rotatable bonds is 51. The normalized spacial score (nSPS) is 14.2. The first-order valence-electron chi connectivity index (χ1n) is 28.0. The van der Waals surface area contributed by atoms with Gasteiger partial charge in [0, 0.05) is 13.0 Å². The number of phosphoric acid groups is 1. The zero-order chi connectivity index (χ0) is 50.5. The van der Waals surface area contributed by atoms with Crippen molar-refractivity contribution in [1.29, 1.82) is 0 Å². The number of esters is 1. The highest BCUT2D eigenvalue weighted by atomic mass is 31.2. The van der Waals surface area contributed by atoms with Gasteiger partial charge in [0.1, 0.15) is 19.3 Å². The molecule has 0 aliphatic rings. The molecule has 0 spiro atoms. The molecule has 0 bridgehead atoms. The van der Waals surface area contributed by atoms with Crippen molar-refractivity contribution in [3.8, 4) is 0 Å². The second-order valence-corrected chi connectivity index (χ2v) is 21.0. The van der Waals surface area contributed by atoms with Crippen molar-refractivity contribution in [2.45, 2.75) is 225 Å². The largest absolute Gasteiger partial charge is 0.472 e. The second-order valence-electron chi connectivity index (χ2n) is 19.6. The van der Waals surface area contributed by atoms with Crippen LogP contribution in [0.5, 0.6) is 0 Å². The van der Waals surface area contributed by atoms with E-state index in [4.69, 9.17) is 18.5 Å². The molecule has 0 aromatic carbocycles. The molecule has 0 aliphatic heterocycles. The highest BCUT2D eigenvalue weighted by Crippen LogP contribution is 2.43. The summed E-state index contributed by atoms with van der Waals surface area (Å²) >= 11 is 0. The number of unbranched alkanes of at least 4 members (excludes halogenated alkanes) is 21. The van der Waals surface area contributed by atoms with Crippen molar-refractivity contribution >= 4 is 13.8 Å². The molecule has 0 amide bonds. The first-order chi connectivity index (χ1) is 33.6. The molecule has 0 aromatic heterocycles. The van der Waals surface area contributed by atoms with Crippen LogP contribution < -0.4 is 0 Å². The standard InChI is InChI=1S/C60H106NO7P/c1-6-8-10-12-14-16-18-20-22-24-26-28-30-31-32-33-35-37-39-41-43-45-47-49-51-53-60(62)68-59(58-67-69(63,64)66-56-54-61(3,4)5)57-65-55-52-50-48-46-44-42-40-38-36-34-29-27-25-23-21-19-17-15-13-11-9-7-2/h8,10,14,16,19-22,25-28,31-32,34,36,59H,6-7,9,11-13,15,17-18,23-24,29-30,33,35,37-58H2,1-5H3/p+1/b10-8-,16-14-,21-19-,22-20-,27-25-,28-26-,32-31-,36-34-. The van der Waals surface area contributed by atoms with Gasteiger partial charge >= 0.3 is 13.8 Å². The Bertz CT molecular complexity index is 1420. The lowest BCUT2D eigenvalue weighted by Gasteiger charge is -2.24. The topological polar surface area (TPSA) is 91.3 Å². The summed E-state index contributed by atoms with van der Waals surface area (Å²) in [5.41, 5.74) is 0. The van der Waals surface area contributed by atoms with Crippen LogP contribution in [0.1, 0.15) is 219 Å². The number of carbonyl (C=O) groups excluding carboxylic acids is 1. The fourth-order valence-electron chi connectivity index (χ4n) is 7.35. The summed E-state index contributed by atoms with van der Waals surface area (Å²) in [4.78, 5) is 23.1. The Kier molecular flexibility index (Phi) is 49.8. The fourth-order valence-corrected chi connectivity index (χ4v) is 8.09. The van der Waals surface area contributed by atoms with E-state index in [1.165, 1.54) is 109 Å². The molecule has 69 heavy (non-hydrogen) atoms. The molecular formula is C60H107NO7P+. The molecule has 2 unspecified atom stereocenters. The van der Waals surface area contributed by atoms with E-state index in [0.717, 1.165) is 89.9 Å². The Morgan fingerprint density at radius 3 is 1.26 bits per heavy atom. The molecule has 0 radical (unpaired) electrons. The number of hydrogen-bond donors (Lipinski definition) is 1. The number of hydrogen-bond acceptors (Lipinski definition) is 6. The van der Waals surface area contributed by atoms with Crippen LogP contribution in [0.25, 0.3) is 0 Å². The number of phosphoric ester groups is 1. The predicted octanol–water partition coefficient (Wildman–Crippen LogP) is 17.7. The lowest BCUT2D eigenvalue weighted by molar-refractivity contribution is -0.870. The van der Waals surface area contributed by atoms with E-state index in [2.05, 4.69) is 111 Å². The number of nitrogens with zero attached hydrogens (tertiary/aromatic N) is 1. The molecule has 0 rings (SSSR count). The smallest absolute Gasteiger partial charge is 0.457 e. The van der Waals surface area contributed by atoms with Gasteiger partial charge in [-0.25, -0.2) is 4.57 Å². The summed E-state index contributed by atoms with van der Waals surface area (Å²) in [5, 5.41) is 0. The van der Waals surface area contributed by atoms with Crippen LogP contribution in [0, 0.1) is 0 Å². The van der Waals surface area contributed by atoms with Crippen LogP contribution >= 0.6 is 7.82 Å². The molecule has 1 N–H and O–H groups in total. The van der Waals surface area contributed by atoms with Gasteiger partial charge in [-0.2, -0.15) is 0 Å². The Morgan fingerprint density at radius 1 is 0.464 bits per heavy atom. The van der Waals surface area contributed by atoms with Crippen LogP contribution in [-0.4, -0.2) is 75.6 Å². The molecule has 0 fully saturated rings. The zero-order valence-electron chi connectivity index (χ0n) is 45.3. The number of allylic oxidation sites excluding steroid dienone is 16. The maximum absolute atomic E-state index is 12.8. The molecule has 9 heteroatoms. The van der Waals surface area contributed by atoms with Crippen LogP contribution in [0.2, 0.25) is 0 Å². The minimum atomic E-state index is -4.30. The Balaban J connectivity index is 4.16. The molecule has 398 valence electrons. The van der Waals surface area contributed by atoms with E-state index in [1.54, 1.807) is 0 Å². The van der Waals surface area contributed by atoms with Crippen molar-refractivity contribution in [2.24, 2.45) is 0 Å². The molecule has 0 heterocycles. The van der Waals surface area contributed by atoms with Crippen LogP contribution in [0.3, 0.4) is 0 Å². The first-order valence-corrected chi connectivity index (χ1v) is 29.5. The first kappa shape index (κ1) is 66.4. The predicted molar refractivity (Wildman–Crippen MR) is 298 cm³/mol. The zero-order valence-corrected chi connectivity index (χ0v) is 46.2. The maximum atomic E-state index is 12.8. The van der Waals surface area contributed by atoms with E-state index in [-0.39, 0.29) is 25.8 Å². The van der Waals surface area contributed by atoms with Gasteiger partial charge in [-0.05, 0) is 96.3 Å². The molecule has 0 aromatic rings. The van der Waals surface area contributed by atoms with Crippen molar-refractivity contribution in [3.05, 3.63) is 97.2 Å². The van der Waals surface area contributed by atoms with Gasteiger partial charge in [0.2, 0.25) is 0 Å². The van der Waals surface area contributed by atoms with Crippen molar-refractivity contribution in [3.63, 3.8) is 0 Å². The second kappa shape index (κ2) is 51.8. The number of carbonyl (C=O) groups is 1. The third-order valence-corrected chi connectivity index (χ3v) is 12.6. The van der Waals surface area contributed by atoms with Gasteiger partial charge < -0.3 is 18.9 Å².